The van der Waals surface area contributed by atoms with E-state index in [0.717, 1.165) is 19.4 Å². The third kappa shape index (κ3) is 2.39. The summed E-state index contributed by atoms with van der Waals surface area (Å²) in [6.45, 7) is 3.26. The van der Waals surface area contributed by atoms with Crippen LogP contribution in [0.2, 0.25) is 0 Å². The Hall–Kier alpha value is -0.740. The van der Waals surface area contributed by atoms with Crippen molar-refractivity contribution in [1.82, 2.24) is 21.3 Å². The van der Waals surface area contributed by atoms with Crippen LogP contribution in [0.15, 0.2) is 12.4 Å². The maximum Gasteiger partial charge on any atom is 0.0475 e. The van der Waals surface area contributed by atoms with Crippen molar-refractivity contribution in [3.63, 3.8) is 0 Å². The second-order valence-corrected chi connectivity index (χ2v) is 2.93. The van der Waals surface area contributed by atoms with Gasteiger partial charge in [-0.1, -0.05) is 6.92 Å². The van der Waals surface area contributed by atoms with Crippen molar-refractivity contribution in [2.24, 2.45) is 0 Å². The predicted molar refractivity (Wildman–Crippen MR) is 49.9 cm³/mol. The molecule has 1 rings (SSSR count). The van der Waals surface area contributed by atoms with Crippen LogP contribution in [0.3, 0.4) is 0 Å². The first-order valence-corrected chi connectivity index (χ1v) is 4.49. The largest absolute Gasteiger partial charge is 0.320 e. The third-order valence-electron chi connectivity index (χ3n) is 2.10. The highest BCUT2D eigenvalue weighted by Gasteiger charge is 2.14. The van der Waals surface area contributed by atoms with Gasteiger partial charge >= 0.3 is 0 Å². The molecule has 1 aliphatic heterocycles. The van der Waals surface area contributed by atoms with Crippen molar-refractivity contribution >= 4 is 0 Å². The summed E-state index contributed by atoms with van der Waals surface area (Å²) in [5, 5.41) is 5.27. The number of hydrazine groups is 2. The lowest BCUT2D eigenvalue weighted by molar-refractivity contribution is 0.182. The van der Waals surface area contributed by atoms with E-state index in [2.05, 4.69) is 28.2 Å². The molecule has 0 spiro atoms. The van der Waals surface area contributed by atoms with E-state index in [9.17, 15) is 0 Å². The van der Waals surface area contributed by atoms with Gasteiger partial charge in [-0.05, 0) is 26.4 Å². The zero-order chi connectivity index (χ0) is 8.81. The van der Waals surface area contributed by atoms with Gasteiger partial charge in [0.1, 0.15) is 0 Å². The first-order valence-electron chi connectivity index (χ1n) is 4.49. The SMILES string of the molecule is CCC(CCNC)N1C=CNN1. The van der Waals surface area contributed by atoms with Crippen molar-refractivity contribution in [3.8, 4) is 0 Å². The van der Waals surface area contributed by atoms with E-state index >= 15 is 0 Å². The maximum atomic E-state index is 3.16. The Balaban J connectivity index is 2.28. The molecule has 12 heavy (non-hydrogen) atoms. The lowest BCUT2D eigenvalue weighted by atomic mass is 10.1. The van der Waals surface area contributed by atoms with Crippen LogP contribution in [-0.2, 0) is 0 Å². The van der Waals surface area contributed by atoms with Crippen molar-refractivity contribution in [3.05, 3.63) is 12.4 Å². The highest BCUT2D eigenvalue weighted by molar-refractivity contribution is 4.86. The topological polar surface area (TPSA) is 39.3 Å². The molecule has 1 atom stereocenters. The molecule has 0 aromatic heterocycles. The van der Waals surface area contributed by atoms with Crippen molar-refractivity contribution < 1.29 is 0 Å². The number of nitrogens with zero attached hydrogens (tertiary/aromatic N) is 1. The average Bonchev–Trinajstić information content (AvgIpc) is 2.59. The lowest BCUT2D eigenvalue weighted by Gasteiger charge is -2.25. The molecule has 0 aliphatic carbocycles. The zero-order valence-corrected chi connectivity index (χ0v) is 7.80. The van der Waals surface area contributed by atoms with Gasteiger partial charge in [-0.3, -0.25) is 5.01 Å². The highest BCUT2D eigenvalue weighted by Crippen LogP contribution is 2.07. The smallest absolute Gasteiger partial charge is 0.0475 e. The summed E-state index contributed by atoms with van der Waals surface area (Å²) in [6.07, 6.45) is 6.25. The maximum absolute atomic E-state index is 3.16. The van der Waals surface area contributed by atoms with Gasteiger partial charge in [-0.2, -0.15) is 0 Å². The zero-order valence-electron chi connectivity index (χ0n) is 7.80. The lowest BCUT2D eigenvalue weighted by Crippen LogP contribution is -2.43. The van der Waals surface area contributed by atoms with Crippen LogP contribution in [0.4, 0.5) is 0 Å². The second kappa shape index (κ2) is 5.00. The van der Waals surface area contributed by atoms with Crippen LogP contribution < -0.4 is 16.3 Å². The van der Waals surface area contributed by atoms with Gasteiger partial charge in [0.05, 0.1) is 0 Å². The van der Waals surface area contributed by atoms with Gasteiger partial charge < -0.3 is 10.7 Å². The number of hydrogen-bond donors (Lipinski definition) is 3. The van der Waals surface area contributed by atoms with Gasteiger partial charge in [-0.15, -0.1) is 5.53 Å². The molecule has 0 saturated carbocycles. The number of rotatable bonds is 5. The number of hydrogen-bond acceptors (Lipinski definition) is 4. The molecule has 0 aromatic carbocycles. The summed E-state index contributed by atoms with van der Waals surface area (Å²) in [6, 6.07) is 0.573. The Morgan fingerprint density at radius 1 is 1.58 bits per heavy atom. The van der Waals surface area contributed by atoms with Gasteiger partial charge in [0.15, 0.2) is 0 Å². The first-order chi connectivity index (χ1) is 5.88. The normalized spacial score (nSPS) is 18.0. The molecule has 70 valence electrons. The monoisotopic (exact) mass is 170 g/mol. The van der Waals surface area contributed by atoms with Crippen LogP contribution in [0.1, 0.15) is 19.8 Å². The molecule has 0 amide bonds. The van der Waals surface area contributed by atoms with E-state index in [4.69, 9.17) is 0 Å². The minimum absolute atomic E-state index is 0.573. The fourth-order valence-electron chi connectivity index (χ4n) is 1.33. The molecular weight excluding hydrogens is 152 g/mol. The Morgan fingerprint density at radius 3 is 2.92 bits per heavy atom. The van der Waals surface area contributed by atoms with E-state index in [-0.39, 0.29) is 0 Å². The average molecular weight is 170 g/mol. The molecule has 1 aliphatic rings. The van der Waals surface area contributed by atoms with Crippen LogP contribution >= 0.6 is 0 Å². The Bertz CT molecular complexity index is 146. The Labute approximate surface area is 73.9 Å². The van der Waals surface area contributed by atoms with Crippen LogP contribution in [0, 0.1) is 0 Å². The molecular formula is C8H18N4. The Morgan fingerprint density at radius 2 is 2.42 bits per heavy atom. The van der Waals surface area contributed by atoms with Gasteiger partial charge in [0.2, 0.25) is 0 Å². The molecule has 0 bridgehead atoms. The standard InChI is InChI=1S/C8H18N4/c1-3-8(4-5-9-2)12-7-6-10-11-12/h6-11H,3-5H2,1-2H3. The third-order valence-corrected chi connectivity index (χ3v) is 2.10. The van der Waals surface area contributed by atoms with E-state index in [1.54, 1.807) is 0 Å². The minimum atomic E-state index is 0.573. The highest BCUT2D eigenvalue weighted by atomic mass is 15.7. The molecule has 1 unspecified atom stereocenters. The van der Waals surface area contributed by atoms with Crippen LogP contribution in [0.25, 0.3) is 0 Å². The second-order valence-electron chi connectivity index (χ2n) is 2.93. The van der Waals surface area contributed by atoms with E-state index in [1.165, 1.54) is 0 Å². The van der Waals surface area contributed by atoms with Crippen LogP contribution in [0.5, 0.6) is 0 Å². The summed E-state index contributed by atoms with van der Waals surface area (Å²) in [5.41, 5.74) is 6.00. The van der Waals surface area contributed by atoms with Crippen molar-refractivity contribution in [2.75, 3.05) is 13.6 Å². The van der Waals surface area contributed by atoms with E-state index in [1.807, 2.05) is 19.4 Å². The van der Waals surface area contributed by atoms with Gasteiger partial charge in [-0.25, -0.2) is 0 Å². The van der Waals surface area contributed by atoms with Crippen LogP contribution in [-0.4, -0.2) is 24.6 Å². The molecule has 0 aromatic rings. The molecule has 0 saturated heterocycles. The molecule has 3 N–H and O–H groups in total. The van der Waals surface area contributed by atoms with E-state index < -0.39 is 0 Å². The summed E-state index contributed by atoms with van der Waals surface area (Å²) >= 11 is 0. The number of nitrogens with one attached hydrogen (secondary N) is 3. The Kier molecular flexibility index (Phi) is 3.90. The van der Waals surface area contributed by atoms with E-state index in [0.29, 0.717) is 6.04 Å². The summed E-state index contributed by atoms with van der Waals surface area (Å²) in [7, 11) is 1.98. The fraction of sp³-hybridized carbons (Fsp3) is 0.750. The predicted octanol–water partition coefficient (Wildman–Crippen LogP) is 0.171. The molecule has 0 radical (unpaired) electrons. The van der Waals surface area contributed by atoms with Crippen molar-refractivity contribution in [2.45, 2.75) is 25.8 Å². The molecule has 1 heterocycles. The van der Waals surface area contributed by atoms with Gasteiger partial charge in [0, 0.05) is 18.4 Å². The fourth-order valence-corrected chi connectivity index (χ4v) is 1.33. The quantitative estimate of drug-likeness (QED) is 0.550. The minimum Gasteiger partial charge on any atom is -0.320 e. The molecule has 4 heteroatoms. The van der Waals surface area contributed by atoms with Gasteiger partial charge in [0.25, 0.3) is 0 Å². The summed E-state index contributed by atoms with van der Waals surface area (Å²) in [4.78, 5) is 0. The summed E-state index contributed by atoms with van der Waals surface area (Å²) in [5.74, 6) is 0. The molecule has 0 fully saturated rings. The van der Waals surface area contributed by atoms with Crippen molar-refractivity contribution in [1.29, 1.82) is 0 Å². The first kappa shape index (κ1) is 9.35. The summed E-state index contributed by atoms with van der Waals surface area (Å²) < 4.78 is 0. The molecule has 4 nitrogen and oxygen atoms in total.